The van der Waals surface area contributed by atoms with Crippen LogP contribution in [0.15, 0.2) is 23.6 Å². The molecule has 2 aromatic rings. The Hall–Kier alpha value is -1.29. The molecular weight excluding hydrogens is 182 g/mol. The molecule has 0 bridgehead atoms. The number of aryl methyl sites for hydroxylation is 1. The molecule has 0 radical (unpaired) electrons. The van der Waals surface area contributed by atoms with Gasteiger partial charge in [-0.05, 0) is 18.4 Å². The zero-order valence-corrected chi connectivity index (χ0v) is 8.21. The summed E-state index contributed by atoms with van der Waals surface area (Å²) < 4.78 is 1.92. The largest absolute Gasteiger partial charge is 0.382 e. The van der Waals surface area contributed by atoms with Crippen molar-refractivity contribution >= 4 is 17.2 Å². The van der Waals surface area contributed by atoms with Crippen LogP contribution in [0.25, 0.3) is 0 Å². The van der Waals surface area contributed by atoms with Crippen molar-refractivity contribution in [2.75, 3.05) is 5.73 Å². The van der Waals surface area contributed by atoms with Crippen LogP contribution in [0.2, 0.25) is 0 Å². The van der Waals surface area contributed by atoms with Gasteiger partial charge >= 0.3 is 0 Å². The second kappa shape index (κ2) is 3.22. The molecular formula is C9H11N3S. The molecule has 0 spiro atoms. The lowest BCUT2D eigenvalue weighted by Gasteiger charge is -2.00. The fourth-order valence-corrected chi connectivity index (χ4v) is 1.93. The monoisotopic (exact) mass is 193 g/mol. The third-order valence-corrected chi connectivity index (χ3v) is 2.75. The highest BCUT2D eigenvalue weighted by Crippen LogP contribution is 2.12. The molecule has 0 fully saturated rings. The third-order valence-electron chi connectivity index (χ3n) is 1.89. The predicted octanol–water partition coefficient (Wildman–Crippen LogP) is 1.88. The molecule has 0 aliphatic heterocycles. The number of hydrogen-bond acceptors (Lipinski definition) is 3. The molecule has 0 atom stereocenters. The van der Waals surface area contributed by atoms with Gasteiger partial charge in [0.2, 0.25) is 0 Å². The number of aromatic nitrogens is 2. The smallest absolute Gasteiger partial charge is 0.145 e. The van der Waals surface area contributed by atoms with Crippen molar-refractivity contribution in [3.05, 3.63) is 34.2 Å². The summed E-state index contributed by atoms with van der Waals surface area (Å²) in [6, 6.07) is 6.03. The minimum absolute atomic E-state index is 0.592. The minimum atomic E-state index is 0.592. The predicted molar refractivity (Wildman–Crippen MR) is 54.8 cm³/mol. The average Bonchev–Trinajstić information content (AvgIpc) is 2.63. The summed E-state index contributed by atoms with van der Waals surface area (Å²) in [6.07, 6.45) is 0. The summed E-state index contributed by atoms with van der Waals surface area (Å²) >= 11 is 1.73. The normalized spacial score (nSPS) is 10.5. The van der Waals surface area contributed by atoms with E-state index >= 15 is 0 Å². The van der Waals surface area contributed by atoms with Gasteiger partial charge in [0.05, 0.1) is 6.54 Å². The second-order valence-corrected chi connectivity index (χ2v) is 3.98. The van der Waals surface area contributed by atoms with Crippen molar-refractivity contribution < 1.29 is 0 Å². The lowest BCUT2D eigenvalue weighted by Crippen LogP contribution is -2.02. The van der Waals surface area contributed by atoms with Gasteiger partial charge in [0, 0.05) is 16.6 Å². The van der Waals surface area contributed by atoms with E-state index in [0.29, 0.717) is 5.82 Å². The Kier molecular flexibility index (Phi) is 2.06. The van der Waals surface area contributed by atoms with Crippen molar-refractivity contribution in [3.63, 3.8) is 0 Å². The SMILES string of the molecule is Cc1cc(N)nn1Cc1cccs1. The van der Waals surface area contributed by atoms with E-state index in [4.69, 9.17) is 5.73 Å². The summed E-state index contributed by atoms with van der Waals surface area (Å²) in [5.74, 6) is 0.592. The van der Waals surface area contributed by atoms with Gasteiger partial charge < -0.3 is 5.73 Å². The molecule has 0 aliphatic carbocycles. The Balaban J connectivity index is 2.23. The van der Waals surface area contributed by atoms with Gasteiger partial charge in [0.15, 0.2) is 0 Å². The molecule has 0 saturated carbocycles. The number of nitrogens with zero attached hydrogens (tertiary/aromatic N) is 2. The Morgan fingerprint density at radius 2 is 2.46 bits per heavy atom. The summed E-state index contributed by atoms with van der Waals surface area (Å²) in [5.41, 5.74) is 6.68. The minimum Gasteiger partial charge on any atom is -0.382 e. The van der Waals surface area contributed by atoms with Crippen LogP contribution in [-0.2, 0) is 6.54 Å². The van der Waals surface area contributed by atoms with E-state index < -0.39 is 0 Å². The van der Waals surface area contributed by atoms with E-state index in [-0.39, 0.29) is 0 Å². The molecule has 4 heteroatoms. The lowest BCUT2D eigenvalue weighted by molar-refractivity contribution is 0.675. The first kappa shape index (κ1) is 8.31. The number of nitrogen functional groups attached to an aromatic ring is 1. The Bertz CT molecular complexity index is 389. The van der Waals surface area contributed by atoms with Crippen molar-refractivity contribution in [2.24, 2.45) is 0 Å². The van der Waals surface area contributed by atoms with Crippen molar-refractivity contribution in [1.82, 2.24) is 9.78 Å². The highest BCUT2D eigenvalue weighted by atomic mass is 32.1. The van der Waals surface area contributed by atoms with Crippen LogP contribution in [0.5, 0.6) is 0 Å². The van der Waals surface area contributed by atoms with Gasteiger partial charge in [-0.25, -0.2) is 0 Å². The number of thiophene rings is 1. The molecule has 68 valence electrons. The third kappa shape index (κ3) is 1.72. The summed E-state index contributed by atoms with van der Waals surface area (Å²) in [6.45, 7) is 2.83. The van der Waals surface area contributed by atoms with Crippen LogP contribution >= 0.6 is 11.3 Å². The highest BCUT2D eigenvalue weighted by molar-refractivity contribution is 7.09. The van der Waals surface area contributed by atoms with Gasteiger partial charge in [-0.2, -0.15) is 5.10 Å². The first-order valence-corrected chi connectivity index (χ1v) is 4.96. The quantitative estimate of drug-likeness (QED) is 0.791. The molecule has 0 saturated heterocycles. The number of hydrogen-bond donors (Lipinski definition) is 1. The Morgan fingerprint density at radius 3 is 3.00 bits per heavy atom. The fraction of sp³-hybridized carbons (Fsp3) is 0.222. The molecule has 0 aliphatic rings. The summed E-state index contributed by atoms with van der Waals surface area (Å²) in [7, 11) is 0. The van der Waals surface area contributed by atoms with Crippen LogP contribution in [0.1, 0.15) is 10.6 Å². The molecule has 2 rings (SSSR count). The van der Waals surface area contributed by atoms with E-state index in [9.17, 15) is 0 Å². The first-order chi connectivity index (χ1) is 6.25. The van der Waals surface area contributed by atoms with Crippen LogP contribution in [0, 0.1) is 6.92 Å². The number of nitrogens with two attached hydrogens (primary N) is 1. The topological polar surface area (TPSA) is 43.8 Å². The Morgan fingerprint density at radius 1 is 1.62 bits per heavy atom. The van der Waals surface area contributed by atoms with E-state index in [2.05, 4.69) is 16.5 Å². The van der Waals surface area contributed by atoms with Crippen LogP contribution in [0.4, 0.5) is 5.82 Å². The first-order valence-electron chi connectivity index (χ1n) is 4.08. The maximum absolute atomic E-state index is 5.58. The number of anilines is 1. The van der Waals surface area contributed by atoms with E-state index in [1.807, 2.05) is 23.7 Å². The van der Waals surface area contributed by atoms with E-state index in [1.54, 1.807) is 11.3 Å². The van der Waals surface area contributed by atoms with Gasteiger partial charge in [0.1, 0.15) is 5.82 Å². The zero-order valence-electron chi connectivity index (χ0n) is 7.40. The van der Waals surface area contributed by atoms with Gasteiger partial charge in [0.25, 0.3) is 0 Å². The molecule has 0 amide bonds. The van der Waals surface area contributed by atoms with Gasteiger partial charge in [-0.1, -0.05) is 6.07 Å². The Labute approximate surface area is 80.8 Å². The van der Waals surface area contributed by atoms with Gasteiger partial charge in [-0.3, -0.25) is 4.68 Å². The molecule has 0 unspecified atom stereocenters. The van der Waals surface area contributed by atoms with E-state index in [0.717, 1.165) is 12.2 Å². The highest BCUT2D eigenvalue weighted by Gasteiger charge is 2.02. The molecule has 2 heterocycles. The molecule has 13 heavy (non-hydrogen) atoms. The average molecular weight is 193 g/mol. The van der Waals surface area contributed by atoms with Crippen molar-refractivity contribution in [3.8, 4) is 0 Å². The van der Waals surface area contributed by atoms with Crippen molar-refractivity contribution in [1.29, 1.82) is 0 Å². The standard InChI is InChI=1S/C9H11N3S/c1-7-5-9(10)11-12(7)6-8-3-2-4-13-8/h2-5H,6H2,1H3,(H2,10,11). The van der Waals surface area contributed by atoms with Crippen LogP contribution in [0.3, 0.4) is 0 Å². The molecule has 2 N–H and O–H groups in total. The lowest BCUT2D eigenvalue weighted by atomic mass is 10.4. The molecule has 3 nitrogen and oxygen atoms in total. The number of rotatable bonds is 2. The summed E-state index contributed by atoms with van der Waals surface area (Å²) in [4.78, 5) is 1.30. The second-order valence-electron chi connectivity index (χ2n) is 2.95. The molecule has 2 aromatic heterocycles. The zero-order chi connectivity index (χ0) is 9.26. The maximum atomic E-state index is 5.58. The maximum Gasteiger partial charge on any atom is 0.145 e. The van der Waals surface area contributed by atoms with E-state index in [1.165, 1.54) is 4.88 Å². The summed E-state index contributed by atoms with van der Waals surface area (Å²) in [5, 5.41) is 6.25. The van der Waals surface area contributed by atoms with Crippen LogP contribution < -0.4 is 5.73 Å². The molecule has 0 aromatic carbocycles. The van der Waals surface area contributed by atoms with Gasteiger partial charge in [-0.15, -0.1) is 11.3 Å². The van der Waals surface area contributed by atoms with Crippen LogP contribution in [-0.4, -0.2) is 9.78 Å². The fourth-order valence-electron chi connectivity index (χ4n) is 1.25. The van der Waals surface area contributed by atoms with Crippen molar-refractivity contribution in [2.45, 2.75) is 13.5 Å².